The molecule has 0 aromatic heterocycles. The Kier molecular flexibility index (Phi) is 4.68. The number of halogens is 2. The summed E-state index contributed by atoms with van der Waals surface area (Å²) in [6.07, 6.45) is 1.34. The molecule has 1 unspecified atom stereocenters. The Morgan fingerprint density at radius 1 is 1.47 bits per heavy atom. The quantitative estimate of drug-likeness (QED) is 0.887. The first-order chi connectivity index (χ1) is 9.15. The molecule has 2 N–H and O–H groups in total. The Balaban J connectivity index is 1.80. The molecule has 1 aromatic carbocycles. The first kappa shape index (κ1) is 13.7. The number of benzene rings is 1. The third kappa shape index (κ3) is 4.17. The van der Waals surface area contributed by atoms with Gasteiger partial charge in [0.15, 0.2) is 0 Å². The van der Waals surface area contributed by atoms with Gasteiger partial charge in [-0.15, -0.1) is 0 Å². The number of nitrogens with one attached hydrogen (secondary N) is 2. The van der Waals surface area contributed by atoms with E-state index >= 15 is 0 Å². The summed E-state index contributed by atoms with van der Waals surface area (Å²) in [4.78, 5) is 11.5. The molecule has 1 aliphatic rings. The van der Waals surface area contributed by atoms with Gasteiger partial charge < -0.3 is 10.1 Å². The van der Waals surface area contributed by atoms with Crippen LogP contribution in [0.3, 0.4) is 0 Å². The molecule has 1 saturated heterocycles. The van der Waals surface area contributed by atoms with Gasteiger partial charge >= 0.3 is 6.09 Å². The predicted molar refractivity (Wildman–Crippen MR) is 66.9 cm³/mol. The molecule has 0 radical (unpaired) electrons. The maximum atomic E-state index is 13.3. The molecule has 2 rings (SSSR count). The van der Waals surface area contributed by atoms with Crippen LogP contribution in [0.15, 0.2) is 18.2 Å². The lowest BCUT2D eigenvalue weighted by Crippen LogP contribution is -2.33. The van der Waals surface area contributed by atoms with Crippen LogP contribution in [0.25, 0.3) is 0 Å². The Morgan fingerprint density at radius 3 is 3.00 bits per heavy atom. The van der Waals surface area contributed by atoms with Gasteiger partial charge in [0.2, 0.25) is 0 Å². The monoisotopic (exact) mass is 270 g/mol. The van der Waals surface area contributed by atoms with Crippen molar-refractivity contribution in [2.24, 2.45) is 5.92 Å². The summed E-state index contributed by atoms with van der Waals surface area (Å²) >= 11 is 0. The van der Waals surface area contributed by atoms with Crippen molar-refractivity contribution >= 4 is 11.8 Å². The molecular weight excluding hydrogens is 254 g/mol. The van der Waals surface area contributed by atoms with Crippen LogP contribution in [0.2, 0.25) is 0 Å². The van der Waals surface area contributed by atoms with Gasteiger partial charge in [0, 0.05) is 18.5 Å². The second kappa shape index (κ2) is 6.47. The van der Waals surface area contributed by atoms with E-state index < -0.39 is 17.7 Å². The zero-order valence-electron chi connectivity index (χ0n) is 10.4. The highest BCUT2D eigenvalue weighted by atomic mass is 19.1. The van der Waals surface area contributed by atoms with Crippen molar-refractivity contribution in [2.45, 2.75) is 12.8 Å². The van der Waals surface area contributed by atoms with Crippen LogP contribution in [0, 0.1) is 17.6 Å². The minimum atomic E-state index is -0.823. The van der Waals surface area contributed by atoms with Crippen LogP contribution in [0.4, 0.5) is 19.3 Å². The van der Waals surface area contributed by atoms with Gasteiger partial charge in [0.05, 0.1) is 12.3 Å². The van der Waals surface area contributed by atoms with Crippen molar-refractivity contribution in [3.05, 3.63) is 29.8 Å². The number of rotatable bonds is 3. The topological polar surface area (TPSA) is 50.4 Å². The maximum absolute atomic E-state index is 13.3. The Hall–Kier alpha value is -1.69. The highest BCUT2D eigenvalue weighted by molar-refractivity contribution is 5.84. The number of carbonyl (C=O) groups is 1. The van der Waals surface area contributed by atoms with E-state index in [1.54, 1.807) is 0 Å². The fourth-order valence-corrected chi connectivity index (χ4v) is 2.00. The summed E-state index contributed by atoms with van der Waals surface area (Å²) in [6, 6.07) is 2.94. The van der Waals surface area contributed by atoms with E-state index in [1.165, 1.54) is 0 Å². The number of hydrogen-bond acceptors (Lipinski definition) is 3. The average Bonchev–Trinajstić information content (AvgIpc) is 2.41. The summed E-state index contributed by atoms with van der Waals surface area (Å²) in [5, 5.41) is 5.46. The number of amides is 1. The highest BCUT2D eigenvalue weighted by Gasteiger charge is 2.15. The van der Waals surface area contributed by atoms with E-state index in [9.17, 15) is 13.6 Å². The SMILES string of the molecule is O=C(Nc1ccc(F)cc1F)OCC1CCCNC1. The molecule has 1 fully saturated rings. The van der Waals surface area contributed by atoms with Crippen molar-refractivity contribution in [2.75, 3.05) is 25.0 Å². The van der Waals surface area contributed by atoms with Gasteiger partial charge in [0.1, 0.15) is 11.6 Å². The summed E-state index contributed by atoms with van der Waals surface area (Å²) in [6.45, 7) is 2.10. The van der Waals surface area contributed by atoms with Crippen molar-refractivity contribution in [3.8, 4) is 0 Å². The molecule has 1 atom stereocenters. The van der Waals surface area contributed by atoms with Crippen LogP contribution >= 0.6 is 0 Å². The summed E-state index contributed by atoms with van der Waals surface area (Å²) in [5.41, 5.74) is -0.0897. The zero-order valence-corrected chi connectivity index (χ0v) is 10.4. The molecule has 1 amide bonds. The summed E-state index contributed by atoms with van der Waals surface area (Å²) < 4.78 is 31.0. The molecular formula is C13H16F2N2O2. The summed E-state index contributed by atoms with van der Waals surface area (Å²) in [7, 11) is 0. The second-order valence-corrected chi connectivity index (χ2v) is 4.56. The van der Waals surface area contributed by atoms with Gasteiger partial charge in [-0.05, 0) is 31.5 Å². The largest absolute Gasteiger partial charge is 0.449 e. The fraction of sp³-hybridized carbons (Fsp3) is 0.462. The molecule has 0 bridgehead atoms. The molecule has 6 heteroatoms. The third-order valence-electron chi connectivity index (χ3n) is 3.02. The molecule has 0 saturated carbocycles. The first-order valence-electron chi connectivity index (χ1n) is 6.24. The molecule has 1 heterocycles. The molecule has 4 nitrogen and oxygen atoms in total. The van der Waals surface area contributed by atoms with Crippen molar-refractivity contribution in [3.63, 3.8) is 0 Å². The van der Waals surface area contributed by atoms with E-state index in [0.29, 0.717) is 12.7 Å². The molecule has 1 aliphatic heterocycles. The van der Waals surface area contributed by atoms with Gasteiger partial charge in [-0.3, -0.25) is 5.32 Å². The van der Waals surface area contributed by atoms with Crippen molar-refractivity contribution in [1.82, 2.24) is 5.32 Å². The van der Waals surface area contributed by atoms with E-state index in [2.05, 4.69) is 10.6 Å². The highest BCUT2D eigenvalue weighted by Crippen LogP contribution is 2.15. The van der Waals surface area contributed by atoms with E-state index in [-0.39, 0.29) is 11.6 Å². The van der Waals surface area contributed by atoms with Crippen molar-refractivity contribution < 1.29 is 18.3 Å². The Labute approximate surface area is 110 Å². The minimum Gasteiger partial charge on any atom is -0.449 e. The number of hydrogen-bond donors (Lipinski definition) is 2. The number of anilines is 1. The summed E-state index contributed by atoms with van der Waals surface area (Å²) in [5.74, 6) is -1.22. The molecule has 1 aromatic rings. The molecule has 104 valence electrons. The first-order valence-corrected chi connectivity index (χ1v) is 6.24. The third-order valence-corrected chi connectivity index (χ3v) is 3.02. The van der Waals surface area contributed by atoms with Crippen LogP contribution < -0.4 is 10.6 Å². The van der Waals surface area contributed by atoms with E-state index in [0.717, 1.165) is 38.1 Å². The normalized spacial score (nSPS) is 18.9. The lowest BCUT2D eigenvalue weighted by atomic mass is 10.0. The zero-order chi connectivity index (χ0) is 13.7. The van der Waals surface area contributed by atoms with Gasteiger partial charge in [-0.1, -0.05) is 0 Å². The number of piperidine rings is 1. The minimum absolute atomic E-state index is 0.0897. The Morgan fingerprint density at radius 2 is 2.32 bits per heavy atom. The van der Waals surface area contributed by atoms with E-state index in [4.69, 9.17) is 4.74 Å². The molecule has 0 aliphatic carbocycles. The number of carbonyl (C=O) groups excluding carboxylic acids is 1. The average molecular weight is 270 g/mol. The molecule has 0 spiro atoms. The molecule has 19 heavy (non-hydrogen) atoms. The van der Waals surface area contributed by atoms with Crippen LogP contribution in [-0.2, 0) is 4.74 Å². The lowest BCUT2D eigenvalue weighted by Gasteiger charge is -2.22. The maximum Gasteiger partial charge on any atom is 0.411 e. The second-order valence-electron chi connectivity index (χ2n) is 4.56. The predicted octanol–water partition coefficient (Wildman–Crippen LogP) is 2.51. The van der Waals surface area contributed by atoms with E-state index in [1.807, 2.05) is 0 Å². The lowest BCUT2D eigenvalue weighted by molar-refractivity contribution is 0.132. The van der Waals surface area contributed by atoms with Crippen LogP contribution in [0.1, 0.15) is 12.8 Å². The van der Waals surface area contributed by atoms with Crippen LogP contribution in [0.5, 0.6) is 0 Å². The smallest absolute Gasteiger partial charge is 0.411 e. The van der Waals surface area contributed by atoms with Crippen molar-refractivity contribution in [1.29, 1.82) is 0 Å². The van der Waals surface area contributed by atoms with Gasteiger partial charge in [-0.2, -0.15) is 0 Å². The number of ether oxygens (including phenoxy) is 1. The van der Waals surface area contributed by atoms with Gasteiger partial charge in [0.25, 0.3) is 0 Å². The van der Waals surface area contributed by atoms with Crippen LogP contribution in [-0.4, -0.2) is 25.8 Å². The van der Waals surface area contributed by atoms with Gasteiger partial charge in [-0.25, -0.2) is 13.6 Å². The Bertz CT molecular complexity index is 448. The fourth-order valence-electron chi connectivity index (χ4n) is 2.00. The standard InChI is InChI=1S/C13H16F2N2O2/c14-10-3-4-12(11(15)6-10)17-13(18)19-8-9-2-1-5-16-7-9/h3-4,6,9,16H,1-2,5,7-8H2,(H,17,18).